The van der Waals surface area contributed by atoms with Gasteiger partial charge in [-0.25, -0.2) is 0 Å². The first-order chi connectivity index (χ1) is 30.1. The predicted octanol–water partition coefficient (Wildman–Crippen LogP) is 15.4. The lowest BCUT2D eigenvalue weighted by Crippen LogP contribution is -2.09. The van der Waals surface area contributed by atoms with Gasteiger partial charge in [0.05, 0.1) is 16.0 Å². The maximum atomic E-state index is 8.00. The molecule has 59 heavy (non-hydrogen) atoms. The van der Waals surface area contributed by atoms with Crippen LogP contribution in [-0.2, 0) is 0 Å². The lowest BCUT2D eigenvalue weighted by Gasteiger charge is -2.26. The van der Waals surface area contributed by atoms with E-state index in [1.54, 1.807) is 12.1 Å². The van der Waals surface area contributed by atoms with E-state index in [1.165, 1.54) is 0 Å². The van der Waals surface area contributed by atoms with Gasteiger partial charge in [-0.2, -0.15) is 0 Å². The van der Waals surface area contributed by atoms with Gasteiger partial charge in [0, 0.05) is 34.1 Å². The van der Waals surface area contributed by atoms with Crippen LogP contribution in [0.15, 0.2) is 218 Å². The van der Waals surface area contributed by atoms with E-state index in [-0.39, 0.29) is 0 Å². The lowest BCUT2D eigenvalue weighted by atomic mass is 10.0. The summed E-state index contributed by atoms with van der Waals surface area (Å²) in [6.07, 6.45) is 5.39. The molecule has 4 nitrogen and oxygen atoms in total. The Labute approximate surface area is 352 Å². The monoisotopic (exact) mass is 774 g/mol. The first-order valence-corrected chi connectivity index (χ1v) is 20.6. The SMILES string of the molecule is [3H]c1cccc(-c2ccc(N(c3ccccc3)c3ccc(OCCCCCCCOc4ccc(N(c5ccccc5)c5ccc(-c6cccc([3H])c6)cc5)cc4)cc3)cc2)c1. The molecule has 0 saturated carbocycles. The van der Waals surface area contributed by atoms with Crippen molar-refractivity contribution >= 4 is 34.1 Å². The van der Waals surface area contributed by atoms with E-state index in [4.69, 9.17) is 12.2 Å². The van der Waals surface area contributed by atoms with Gasteiger partial charge in [-0.3, -0.25) is 0 Å². The number of nitrogens with zero attached hydrogens (tertiary/aromatic N) is 2. The van der Waals surface area contributed by atoms with Gasteiger partial charge in [0.2, 0.25) is 0 Å². The van der Waals surface area contributed by atoms with Crippen molar-refractivity contribution in [3.63, 3.8) is 0 Å². The zero-order valence-electron chi connectivity index (χ0n) is 35.3. The van der Waals surface area contributed by atoms with Crippen molar-refractivity contribution in [2.75, 3.05) is 23.0 Å². The molecule has 0 heterocycles. The molecule has 0 fully saturated rings. The molecule has 0 aliphatic rings. The molecule has 0 aliphatic carbocycles. The molecular formula is C55H50N2O2. The van der Waals surface area contributed by atoms with Gasteiger partial charge < -0.3 is 19.3 Å². The Morgan fingerprint density at radius 2 is 0.593 bits per heavy atom. The summed E-state index contributed by atoms with van der Waals surface area (Å²) >= 11 is 0. The van der Waals surface area contributed by atoms with Crippen LogP contribution in [0, 0.1) is 0 Å². The Bertz CT molecular complexity index is 2380. The predicted molar refractivity (Wildman–Crippen MR) is 247 cm³/mol. The summed E-state index contributed by atoms with van der Waals surface area (Å²) in [5.74, 6) is 1.75. The van der Waals surface area contributed by atoms with E-state index in [0.717, 1.165) is 100.0 Å². The highest BCUT2D eigenvalue weighted by Crippen LogP contribution is 2.38. The number of benzene rings is 8. The molecule has 0 bridgehead atoms. The van der Waals surface area contributed by atoms with E-state index < -0.39 is 0 Å². The molecule has 0 spiro atoms. The van der Waals surface area contributed by atoms with Crippen molar-refractivity contribution in [2.45, 2.75) is 32.1 Å². The summed E-state index contributed by atoms with van der Waals surface area (Å²) in [5, 5.41) is 0. The molecule has 8 aromatic rings. The van der Waals surface area contributed by atoms with Crippen LogP contribution in [-0.4, -0.2) is 13.2 Å². The third-order valence-electron chi connectivity index (χ3n) is 10.4. The lowest BCUT2D eigenvalue weighted by molar-refractivity contribution is 0.293. The highest BCUT2D eigenvalue weighted by molar-refractivity contribution is 5.80. The highest BCUT2D eigenvalue weighted by Gasteiger charge is 2.14. The molecule has 0 saturated heterocycles. The second-order valence-electron chi connectivity index (χ2n) is 14.5. The Kier molecular flexibility index (Phi) is 12.2. The van der Waals surface area contributed by atoms with Crippen molar-refractivity contribution in [1.29, 1.82) is 0 Å². The van der Waals surface area contributed by atoms with Crippen molar-refractivity contribution in [3.8, 4) is 33.8 Å². The molecule has 8 rings (SSSR count). The van der Waals surface area contributed by atoms with Crippen LogP contribution < -0.4 is 19.3 Å². The smallest absolute Gasteiger partial charge is 0.119 e. The Balaban J connectivity index is 0.779. The topological polar surface area (TPSA) is 24.9 Å². The first kappa shape index (κ1) is 36.3. The Morgan fingerprint density at radius 3 is 0.966 bits per heavy atom. The van der Waals surface area contributed by atoms with Crippen LogP contribution in [0.5, 0.6) is 11.5 Å². The second-order valence-corrected chi connectivity index (χ2v) is 14.5. The largest absolute Gasteiger partial charge is 0.494 e. The molecule has 4 heteroatoms. The summed E-state index contributed by atoms with van der Waals surface area (Å²) in [6.45, 7) is 1.38. The number of hydrogen-bond donors (Lipinski definition) is 0. The van der Waals surface area contributed by atoms with E-state index in [0.29, 0.717) is 25.3 Å². The Hall–Kier alpha value is -7.04. The van der Waals surface area contributed by atoms with Gasteiger partial charge in [-0.15, -0.1) is 0 Å². The number of rotatable bonds is 18. The average Bonchev–Trinajstić information content (AvgIpc) is 3.31. The van der Waals surface area contributed by atoms with Crippen molar-refractivity contribution in [2.24, 2.45) is 0 Å². The van der Waals surface area contributed by atoms with Crippen LogP contribution in [0.1, 0.15) is 34.8 Å². The van der Waals surface area contributed by atoms with Crippen LogP contribution in [0.25, 0.3) is 22.3 Å². The van der Waals surface area contributed by atoms with Crippen LogP contribution in [0.2, 0.25) is 0 Å². The molecular weight excluding hydrogens is 721 g/mol. The van der Waals surface area contributed by atoms with Gasteiger partial charge in [0.25, 0.3) is 0 Å². The van der Waals surface area contributed by atoms with Crippen LogP contribution in [0.4, 0.5) is 34.1 Å². The van der Waals surface area contributed by atoms with Crippen molar-refractivity contribution in [1.82, 2.24) is 0 Å². The average molecular weight is 775 g/mol. The van der Waals surface area contributed by atoms with E-state index in [2.05, 4.69) is 155 Å². The molecule has 0 atom stereocenters. The van der Waals surface area contributed by atoms with Gasteiger partial charge in [-0.05, 0) is 132 Å². The minimum Gasteiger partial charge on any atom is -0.494 e. The van der Waals surface area contributed by atoms with Gasteiger partial charge in [0.15, 0.2) is 0 Å². The minimum absolute atomic E-state index is 0.510. The molecule has 0 N–H and O–H groups in total. The standard InChI is InChI=1S/C55H50N2O2/c1(2-16-42-58-54-38-34-52(35-39-54)56(48-22-12-6-13-23-48)50-30-26-46(27-31-50)44-18-8-4-9-19-44)3-17-43-59-55-40-36-53(37-41-55)57(49-24-14-7-15-25-49)51-32-28-47(29-33-51)45-20-10-5-11-21-45/h4-15,18-41H,1-3,16-17,42-43H2/i8T,10T. The number of hydrogen-bond acceptors (Lipinski definition) is 4. The van der Waals surface area contributed by atoms with Crippen molar-refractivity contribution < 1.29 is 12.2 Å². The summed E-state index contributed by atoms with van der Waals surface area (Å²) in [7, 11) is 0. The van der Waals surface area contributed by atoms with E-state index in [9.17, 15) is 0 Å². The summed E-state index contributed by atoms with van der Waals surface area (Å²) in [5.41, 5.74) is 10.7. The van der Waals surface area contributed by atoms with Gasteiger partial charge in [0.1, 0.15) is 11.5 Å². The second kappa shape index (κ2) is 19.9. The fraction of sp³-hybridized carbons (Fsp3) is 0.127. The Morgan fingerprint density at radius 1 is 0.288 bits per heavy atom. The highest BCUT2D eigenvalue weighted by atomic mass is 16.5. The zero-order chi connectivity index (χ0) is 41.6. The quantitative estimate of drug-likeness (QED) is 0.0811. The molecule has 8 aromatic carbocycles. The molecule has 0 unspecified atom stereocenters. The van der Waals surface area contributed by atoms with Gasteiger partial charge >= 0.3 is 0 Å². The van der Waals surface area contributed by atoms with E-state index in [1.807, 2.05) is 48.5 Å². The molecule has 292 valence electrons. The fourth-order valence-corrected chi connectivity index (χ4v) is 7.30. The third kappa shape index (κ3) is 10.3. The first-order valence-electron chi connectivity index (χ1n) is 21.6. The zero-order valence-corrected chi connectivity index (χ0v) is 33.3. The van der Waals surface area contributed by atoms with E-state index >= 15 is 0 Å². The summed E-state index contributed by atoms with van der Waals surface area (Å²) in [4.78, 5) is 4.49. The molecule has 0 amide bonds. The summed E-state index contributed by atoms with van der Waals surface area (Å²) in [6, 6.07) is 70.9. The molecule has 0 aliphatic heterocycles. The minimum atomic E-state index is 0.510. The van der Waals surface area contributed by atoms with Crippen LogP contribution in [0.3, 0.4) is 0 Å². The van der Waals surface area contributed by atoms with Crippen LogP contribution >= 0.6 is 0 Å². The number of anilines is 6. The normalized spacial score (nSPS) is 11.3. The fourth-order valence-electron chi connectivity index (χ4n) is 7.30. The van der Waals surface area contributed by atoms with Crippen molar-refractivity contribution in [3.05, 3.63) is 218 Å². The summed E-state index contributed by atoms with van der Waals surface area (Å²) < 4.78 is 28.3. The molecule has 0 aromatic heterocycles. The van der Waals surface area contributed by atoms with Gasteiger partial charge in [-0.1, -0.05) is 141 Å². The maximum Gasteiger partial charge on any atom is 0.119 e. The third-order valence-corrected chi connectivity index (χ3v) is 10.4. The maximum absolute atomic E-state index is 8.00. The number of unbranched alkanes of at least 4 members (excludes halogenated alkanes) is 4. The number of para-hydroxylation sites is 2. The number of ether oxygens (including phenoxy) is 2. The molecule has 0 radical (unpaired) electrons.